The predicted octanol–water partition coefficient (Wildman–Crippen LogP) is 8.30. The molecule has 0 unspecified atom stereocenters. The van der Waals surface area contributed by atoms with E-state index in [9.17, 15) is 0 Å². The van der Waals surface area contributed by atoms with Crippen molar-refractivity contribution in [1.82, 2.24) is 4.57 Å². The maximum atomic E-state index is 3.80. The number of fused-ring (bicyclic) bond motifs is 7. The molecule has 8 aromatic rings. The van der Waals surface area contributed by atoms with E-state index in [1.165, 1.54) is 84.7 Å². The molecule has 10 rings (SSSR count). The first kappa shape index (κ1) is 28.5. The van der Waals surface area contributed by atoms with Gasteiger partial charge in [0.1, 0.15) is 0 Å². The van der Waals surface area contributed by atoms with E-state index in [0.717, 1.165) is 10.2 Å². The van der Waals surface area contributed by atoms with Crippen molar-refractivity contribution in [2.24, 2.45) is 0 Å². The standard InChI is InChI=1S/C42H26BrN3Se2/c43-27-17-19-28(20-18-27)46-35-21-15-25(29-7-5-13-39-41(29)44-33-9-1-3-11-37(33)47-39)23-31(35)32-24-26(16-22-36(32)46)30-8-6-14-40-42(30)45-34-10-2-4-12-38(34)48-40/h1-24,44-45H. The molecular weight excluding hydrogens is 784 g/mol. The van der Waals surface area contributed by atoms with Crippen LogP contribution in [0.3, 0.4) is 0 Å². The van der Waals surface area contributed by atoms with Crippen molar-refractivity contribution >= 4 is 108 Å². The molecule has 48 heavy (non-hydrogen) atoms. The van der Waals surface area contributed by atoms with Gasteiger partial charge in [-0.05, 0) is 0 Å². The zero-order chi connectivity index (χ0) is 31.8. The molecule has 0 saturated heterocycles. The first-order chi connectivity index (χ1) is 23.7. The van der Waals surface area contributed by atoms with Gasteiger partial charge in [-0.3, -0.25) is 0 Å². The van der Waals surface area contributed by atoms with Gasteiger partial charge in [-0.1, -0.05) is 15.9 Å². The van der Waals surface area contributed by atoms with Crippen LogP contribution in [0.15, 0.2) is 150 Å². The van der Waals surface area contributed by atoms with Crippen molar-refractivity contribution in [1.29, 1.82) is 0 Å². The molecule has 0 atom stereocenters. The van der Waals surface area contributed by atoms with Gasteiger partial charge in [0.05, 0.1) is 0 Å². The van der Waals surface area contributed by atoms with E-state index >= 15 is 0 Å². The van der Waals surface area contributed by atoms with Gasteiger partial charge in [0.2, 0.25) is 0 Å². The molecule has 3 heterocycles. The zero-order valence-corrected chi connectivity index (χ0v) is 30.5. The van der Waals surface area contributed by atoms with E-state index in [4.69, 9.17) is 0 Å². The Labute approximate surface area is 299 Å². The number of hydrogen-bond acceptors (Lipinski definition) is 2. The van der Waals surface area contributed by atoms with E-state index in [0.29, 0.717) is 0 Å². The van der Waals surface area contributed by atoms with Crippen molar-refractivity contribution in [3.05, 3.63) is 150 Å². The number of nitrogens with zero attached hydrogens (tertiary/aromatic N) is 1. The van der Waals surface area contributed by atoms with Crippen LogP contribution in [0, 0.1) is 0 Å². The summed E-state index contributed by atoms with van der Waals surface area (Å²) in [4.78, 5) is 0. The second-order valence-corrected chi connectivity index (χ2v) is 17.5. The Kier molecular flexibility index (Phi) is 6.69. The van der Waals surface area contributed by atoms with Crippen LogP contribution in [-0.2, 0) is 0 Å². The molecule has 7 aromatic carbocycles. The second kappa shape index (κ2) is 11.3. The number of anilines is 4. The van der Waals surface area contributed by atoms with Crippen LogP contribution in [0.1, 0.15) is 0 Å². The van der Waals surface area contributed by atoms with Gasteiger partial charge in [-0.2, -0.15) is 0 Å². The van der Waals surface area contributed by atoms with Crippen LogP contribution in [0.5, 0.6) is 0 Å². The molecule has 2 N–H and O–H groups in total. The second-order valence-electron chi connectivity index (χ2n) is 12.1. The molecule has 0 radical (unpaired) electrons. The van der Waals surface area contributed by atoms with Gasteiger partial charge >= 0.3 is 286 Å². The summed E-state index contributed by atoms with van der Waals surface area (Å²) in [5, 5.41) is 10.1. The Balaban J connectivity index is 1.17. The third kappa shape index (κ3) is 4.60. The van der Waals surface area contributed by atoms with Crippen molar-refractivity contribution in [2.45, 2.75) is 0 Å². The van der Waals surface area contributed by atoms with Gasteiger partial charge in [-0.15, -0.1) is 0 Å². The maximum absolute atomic E-state index is 3.80. The third-order valence-electron chi connectivity index (χ3n) is 9.26. The summed E-state index contributed by atoms with van der Waals surface area (Å²) in [5.41, 5.74) is 13.4. The van der Waals surface area contributed by atoms with Crippen LogP contribution in [0.2, 0.25) is 0 Å². The quantitative estimate of drug-likeness (QED) is 0.176. The van der Waals surface area contributed by atoms with Crippen LogP contribution in [-0.4, -0.2) is 34.5 Å². The molecular formula is C42H26BrN3Se2. The van der Waals surface area contributed by atoms with Crippen LogP contribution in [0.25, 0.3) is 49.7 Å². The van der Waals surface area contributed by atoms with Crippen LogP contribution in [0.4, 0.5) is 22.7 Å². The Hall–Kier alpha value is -4.54. The van der Waals surface area contributed by atoms with Gasteiger partial charge in [0.15, 0.2) is 0 Å². The molecule has 0 spiro atoms. The fourth-order valence-electron chi connectivity index (χ4n) is 7.02. The van der Waals surface area contributed by atoms with E-state index < -0.39 is 0 Å². The monoisotopic (exact) mass is 811 g/mol. The van der Waals surface area contributed by atoms with Crippen molar-refractivity contribution in [2.75, 3.05) is 10.6 Å². The Bertz CT molecular complexity index is 2430. The van der Waals surface area contributed by atoms with Crippen molar-refractivity contribution in [3.63, 3.8) is 0 Å². The van der Waals surface area contributed by atoms with E-state index in [2.05, 4.69) is 177 Å². The van der Waals surface area contributed by atoms with Gasteiger partial charge in [-0.25, -0.2) is 0 Å². The molecule has 0 aliphatic carbocycles. The predicted molar refractivity (Wildman–Crippen MR) is 209 cm³/mol. The Morgan fingerprint density at radius 3 is 1.46 bits per heavy atom. The summed E-state index contributed by atoms with van der Waals surface area (Å²) in [6.45, 7) is 0. The van der Waals surface area contributed by atoms with E-state index in [-0.39, 0.29) is 29.9 Å². The third-order valence-corrected chi connectivity index (χ3v) is 14.6. The summed E-state index contributed by atoms with van der Waals surface area (Å²) in [6.07, 6.45) is 0. The summed E-state index contributed by atoms with van der Waals surface area (Å²) in [5.74, 6) is 0. The molecule has 228 valence electrons. The molecule has 0 amide bonds. The molecule has 2 aliphatic heterocycles. The SMILES string of the molecule is Brc1ccc(-n2c3ccc(-c4cccc5c4Nc4ccccc4[Se]5)cc3c3cc(-c4cccc5c4Nc4ccccc4[Se]5)ccc32)cc1. The first-order valence-corrected chi connectivity index (χ1v) is 20.1. The number of nitrogens with one attached hydrogen (secondary N) is 2. The number of hydrogen-bond donors (Lipinski definition) is 2. The molecule has 0 saturated carbocycles. The summed E-state index contributed by atoms with van der Waals surface area (Å²) < 4.78 is 9.06. The van der Waals surface area contributed by atoms with E-state index in [1.54, 1.807) is 0 Å². The average molecular weight is 811 g/mol. The van der Waals surface area contributed by atoms with Crippen LogP contribution < -0.4 is 28.5 Å². The number of para-hydroxylation sites is 4. The molecule has 1 aromatic heterocycles. The van der Waals surface area contributed by atoms with E-state index in [1.807, 2.05) is 0 Å². The summed E-state index contributed by atoms with van der Waals surface area (Å²) >= 11 is 4.16. The number of benzene rings is 7. The fourth-order valence-corrected chi connectivity index (χ4v) is 11.6. The van der Waals surface area contributed by atoms with Gasteiger partial charge in [0.25, 0.3) is 0 Å². The Morgan fingerprint density at radius 2 is 0.938 bits per heavy atom. The fraction of sp³-hybridized carbons (Fsp3) is 0. The van der Waals surface area contributed by atoms with Gasteiger partial charge in [0, 0.05) is 0 Å². The first-order valence-electron chi connectivity index (χ1n) is 15.9. The van der Waals surface area contributed by atoms with Crippen molar-refractivity contribution < 1.29 is 0 Å². The average Bonchev–Trinajstić information content (AvgIpc) is 3.46. The summed E-state index contributed by atoms with van der Waals surface area (Å²) in [7, 11) is 0. The minimum absolute atomic E-state index is 0.258. The van der Waals surface area contributed by atoms with Crippen molar-refractivity contribution in [3.8, 4) is 27.9 Å². The summed E-state index contributed by atoms with van der Waals surface area (Å²) in [6, 6.07) is 53.5. The van der Waals surface area contributed by atoms with Crippen LogP contribution >= 0.6 is 15.9 Å². The number of halogens is 1. The topological polar surface area (TPSA) is 29.0 Å². The molecule has 3 nitrogen and oxygen atoms in total. The molecule has 6 heteroatoms. The zero-order valence-electron chi connectivity index (χ0n) is 25.5. The number of aromatic nitrogens is 1. The molecule has 0 bridgehead atoms. The normalized spacial score (nSPS) is 12.9. The molecule has 2 aliphatic rings. The molecule has 0 fully saturated rings. The minimum atomic E-state index is 0.258. The number of rotatable bonds is 3. The van der Waals surface area contributed by atoms with Gasteiger partial charge < -0.3 is 0 Å². The Morgan fingerprint density at radius 1 is 0.458 bits per heavy atom.